The van der Waals surface area contributed by atoms with E-state index in [0.717, 1.165) is 5.56 Å². The van der Waals surface area contributed by atoms with Crippen molar-refractivity contribution in [2.45, 2.75) is 19.3 Å². The van der Waals surface area contributed by atoms with Crippen LogP contribution in [0.25, 0.3) is 0 Å². The topological polar surface area (TPSA) is 72.7 Å². The molecule has 0 radical (unpaired) electrons. The lowest BCUT2D eigenvalue weighted by molar-refractivity contribution is -0.384. The molecular weight excluding hydrogens is 332 g/mol. The second-order valence-corrected chi connectivity index (χ2v) is 6.41. The van der Waals surface area contributed by atoms with Crippen molar-refractivity contribution in [3.63, 3.8) is 0 Å². The molecule has 1 saturated heterocycles. The molecule has 0 N–H and O–H groups in total. The lowest BCUT2D eigenvalue weighted by Crippen LogP contribution is -2.37. The molecule has 0 aliphatic carbocycles. The van der Waals surface area contributed by atoms with Gasteiger partial charge in [-0.25, -0.2) is 0 Å². The lowest BCUT2D eigenvalue weighted by Gasteiger charge is -2.32. The number of carbonyl (C=O) groups excluding carboxylic acids is 1. The predicted octanol–water partition coefficient (Wildman–Crippen LogP) is 3.60. The fraction of sp³-hybridized carbons (Fsp3) is 0.350. The van der Waals surface area contributed by atoms with Gasteiger partial charge in [0, 0.05) is 25.6 Å². The average molecular weight is 354 g/mol. The Morgan fingerprint density at radius 3 is 2.42 bits per heavy atom. The van der Waals surface area contributed by atoms with Gasteiger partial charge in [-0.3, -0.25) is 14.9 Å². The molecule has 0 amide bonds. The van der Waals surface area contributed by atoms with E-state index in [1.54, 1.807) is 18.2 Å². The molecule has 1 heterocycles. The number of nitrogens with zero attached hydrogens (tertiary/aromatic N) is 2. The fourth-order valence-corrected chi connectivity index (χ4v) is 3.27. The SMILES string of the molecule is O=C(OCCc1ccccc1)C1CCN(c2ccccc2[N+](=O)[O-])CC1. The monoisotopic (exact) mass is 354 g/mol. The quantitative estimate of drug-likeness (QED) is 0.450. The van der Waals surface area contributed by atoms with Gasteiger partial charge in [-0.2, -0.15) is 0 Å². The summed E-state index contributed by atoms with van der Waals surface area (Å²) in [5.41, 5.74) is 1.87. The molecule has 0 aromatic heterocycles. The van der Waals surface area contributed by atoms with Crippen LogP contribution >= 0.6 is 0 Å². The minimum absolute atomic E-state index is 0.108. The summed E-state index contributed by atoms with van der Waals surface area (Å²) < 4.78 is 5.42. The van der Waals surface area contributed by atoms with Crippen LogP contribution in [0.15, 0.2) is 54.6 Å². The van der Waals surface area contributed by atoms with Gasteiger partial charge in [0.2, 0.25) is 0 Å². The number of piperidine rings is 1. The Bertz CT molecular complexity index is 755. The molecule has 0 saturated carbocycles. The van der Waals surface area contributed by atoms with Gasteiger partial charge < -0.3 is 9.64 Å². The number of nitro benzene ring substituents is 1. The highest BCUT2D eigenvalue weighted by atomic mass is 16.6. The van der Waals surface area contributed by atoms with Crippen LogP contribution in [0.5, 0.6) is 0 Å². The summed E-state index contributed by atoms with van der Waals surface area (Å²) in [4.78, 5) is 25.1. The van der Waals surface area contributed by atoms with E-state index >= 15 is 0 Å². The van der Waals surface area contributed by atoms with Gasteiger partial charge in [-0.05, 0) is 24.5 Å². The molecule has 0 atom stereocenters. The molecule has 3 rings (SSSR count). The maximum absolute atomic E-state index is 12.3. The number of para-hydroxylation sites is 2. The molecule has 1 aliphatic heterocycles. The summed E-state index contributed by atoms with van der Waals surface area (Å²) in [6, 6.07) is 16.7. The third-order valence-corrected chi connectivity index (χ3v) is 4.73. The number of ether oxygens (including phenoxy) is 1. The molecule has 0 unspecified atom stereocenters. The summed E-state index contributed by atoms with van der Waals surface area (Å²) >= 11 is 0. The molecule has 1 fully saturated rings. The first-order valence-corrected chi connectivity index (χ1v) is 8.84. The summed E-state index contributed by atoms with van der Waals surface area (Å²) in [7, 11) is 0. The smallest absolute Gasteiger partial charge is 0.309 e. The normalized spacial score (nSPS) is 14.8. The van der Waals surface area contributed by atoms with Crippen molar-refractivity contribution in [3.05, 3.63) is 70.3 Å². The average Bonchev–Trinajstić information content (AvgIpc) is 2.69. The van der Waals surface area contributed by atoms with E-state index in [-0.39, 0.29) is 22.5 Å². The van der Waals surface area contributed by atoms with Gasteiger partial charge in [0.05, 0.1) is 17.4 Å². The zero-order chi connectivity index (χ0) is 18.4. The molecular formula is C20H22N2O4. The summed E-state index contributed by atoms with van der Waals surface area (Å²) in [5, 5.41) is 11.2. The van der Waals surface area contributed by atoms with E-state index in [9.17, 15) is 14.9 Å². The van der Waals surface area contributed by atoms with E-state index in [0.29, 0.717) is 44.6 Å². The first-order valence-electron chi connectivity index (χ1n) is 8.84. The second kappa shape index (κ2) is 8.47. The molecule has 26 heavy (non-hydrogen) atoms. The minimum atomic E-state index is -0.362. The van der Waals surface area contributed by atoms with Gasteiger partial charge in [0.25, 0.3) is 5.69 Å². The van der Waals surface area contributed by atoms with Crippen molar-refractivity contribution >= 4 is 17.3 Å². The van der Waals surface area contributed by atoms with E-state index in [2.05, 4.69) is 0 Å². The molecule has 0 bridgehead atoms. The van der Waals surface area contributed by atoms with Crippen LogP contribution < -0.4 is 4.90 Å². The Morgan fingerprint density at radius 1 is 1.08 bits per heavy atom. The number of hydrogen-bond donors (Lipinski definition) is 0. The van der Waals surface area contributed by atoms with Crippen molar-refractivity contribution in [3.8, 4) is 0 Å². The molecule has 6 nitrogen and oxygen atoms in total. The van der Waals surface area contributed by atoms with Crippen LogP contribution in [0.2, 0.25) is 0 Å². The number of carbonyl (C=O) groups is 1. The fourth-order valence-electron chi connectivity index (χ4n) is 3.27. The van der Waals surface area contributed by atoms with Crippen LogP contribution in [0.4, 0.5) is 11.4 Å². The van der Waals surface area contributed by atoms with Crippen LogP contribution in [-0.2, 0) is 16.0 Å². The van der Waals surface area contributed by atoms with Gasteiger partial charge in [0.1, 0.15) is 5.69 Å². The Labute approximate surface area is 152 Å². The second-order valence-electron chi connectivity index (χ2n) is 6.41. The molecule has 1 aliphatic rings. The van der Waals surface area contributed by atoms with Gasteiger partial charge in [-0.1, -0.05) is 42.5 Å². The zero-order valence-corrected chi connectivity index (χ0v) is 14.5. The number of rotatable bonds is 6. The number of anilines is 1. The minimum Gasteiger partial charge on any atom is -0.465 e. The van der Waals surface area contributed by atoms with Crippen molar-refractivity contribution in [1.82, 2.24) is 0 Å². The Balaban J connectivity index is 1.49. The van der Waals surface area contributed by atoms with Crippen molar-refractivity contribution < 1.29 is 14.5 Å². The number of nitro groups is 1. The first kappa shape index (κ1) is 17.9. The largest absolute Gasteiger partial charge is 0.465 e. The zero-order valence-electron chi connectivity index (χ0n) is 14.5. The van der Waals surface area contributed by atoms with E-state index in [1.807, 2.05) is 35.2 Å². The number of benzene rings is 2. The van der Waals surface area contributed by atoms with Gasteiger partial charge >= 0.3 is 5.97 Å². The maximum Gasteiger partial charge on any atom is 0.309 e. The summed E-state index contributed by atoms with van der Waals surface area (Å²) in [6.45, 7) is 1.61. The highest BCUT2D eigenvalue weighted by molar-refractivity contribution is 5.73. The Kier molecular flexibility index (Phi) is 5.84. The molecule has 0 spiro atoms. The van der Waals surface area contributed by atoms with E-state index < -0.39 is 0 Å². The molecule has 2 aromatic carbocycles. The Morgan fingerprint density at radius 2 is 1.73 bits per heavy atom. The van der Waals surface area contributed by atoms with Crippen LogP contribution in [0.3, 0.4) is 0 Å². The summed E-state index contributed by atoms with van der Waals surface area (Å²) in [6.07, 6.45) is 2.01. The third kappa shape index (κ3) is 4.39. The third-order valence-electron chi connectivity index (χ3n) is 4.73. The van der Waals surface area contributed by atoms with Gasteiger partial charge in [-0.15, -0.1) is 0 Å². The van der Waals surface area contributed by atoms with Crippen molar-refractivity contribution in [2.24, 2.45) is 5.92 Å². The highest BCUT2D eigenvalue weighted by Gasteiger charge is 2.28. The first-order chi connectivity index (χ1) is 12.6. The number of hydrogen-bond acceptors (Lipinski definition) is 5. The maximum atomic E-state index is 12.3. The van der Waals surface area contributed by atoms with Crippen molar-refractivity contribution in [1.29, 1.82) is 0 Å². The Hall–Kier alpha value is -2.89. The standard InChI is InChI=1S/C20H22N2O4/c23-20(26-15-12-16-6-2-1-3-7-16)17-10-13-21(14-11-17)18-8-4-5-9-19(18)22(24)25/h1-9,17H,10-15H2. The van der Waals surface area contributed by atoms with Crippen LogP contribution in [0.1, 0.15) is 18.4 Å². The van der Waals surface area contributed by atoms with Crippen molar-refractivity contribution in [2.75, 3.05) is 24.6 Å². The van der Waals surface area contributed by atoms with Crippen LogP contribution in [0, 0.1) is 16.0 Å². The lowest BCUT2D eigenvalue weighted by atomic mass is 9.96. The number of esters is 1. The molecule has 136 valence electrons. The summed E-state index contributed by atoms with van der Waals surface area (Å²) in [5.74, 6) is -0.298. The van der Waals surface area contributed by atoms with Crippen LogP contribution in [-0.4, -0.2) is 30.6 Å². The van der Waals surface area contributed by atoms with E-state index in [4.69, 9.17) is 4.74 Å². The predicted molar refractivity (Wildman–Crippen MR) is 99.1 cm³/mol. The highest BCUT2D eigenvalue weighted by Crippen LogP contribution is 2.31. The van der Waals surface area contributed by atoms with Gasteiger partial charge in [0.15, 0.2) is 0 Å². The molecule has 6 heteroatoms. The van der Waals surface area contributed by atoms with E-state index in [1.165, 1.54) is 6.07 Å². The molecule has 2 aromatic rings.